The van der Waals surface area contributed by atoms with Gasteiger partial charge in [0.2, 0.25) is 0 Å². The Morgan fingerprint density at radius 2 is 2.05 bits per heavy atom. The van der Waals surface area contributed by atoms with E-state index in [2.05, 4.69) is 56.1 Å². The van der Waals surface area contributed by atoms with Gasteiger partial charge in [-0.25, -0.2) is 0 Å². The van der Waals surface area contributed by atoms with Gasteiger partial charge in [-0.3, -0.25) is 0 Å². The van der Waals surface area contributed by atoms with E-state index in [0.717, 1.165) is 37.3 Å². The molecule has 0 saturated heterocycles. The number of rotatable bonds is 7. The number of nitrogens with zero attached hydrogens (tertiary/aromatic N) is 2. The maximum atomic E-state index is 9.37. The quantitative estimate of drug-likeness (QED) is 0.816. The molecule has 0 radical (unpaired) electrons. The van der Waals surface area contributed by atoms with Crippen LogP contribution >= 0.6 is 0 Å². The van der Waals surface area contributed by atoms with Crippen LogP contribution in [0.5, 0.6) is 0 Å². The molecule has 0 spiro atoms. The second-order valence-electron chi connectivity index (χ2n) is 4.79. The summed E-state index contributed by atoms with van der Waals surface area (Å²) >= 11 is 0. The summed E-state index contributed by atoms with van der Waals surface area (Å²) in [7, 11) is 0. The molecule has 1 aromatic rings. The van der Waals surface area contributed by atoms with Crippen molar-refractivity contribution in [2.45, 2.75) is 46.7 Å². The fourth-order valence-electron chi connectivity index (χ4n) is 2.24. The molecule has 104 valence electrons. The van der Waals surface area contributed by atoms with Crippen LogP contribution in [0.25, 0.3) is 0 Å². The number of hydrogen-bond donors (Lipinski definition) is 1. The molecule has 1 rings (SSSR count). The molecule has 1 N–H and O–H groups in total. The van der Waals surface area contributed by atoms with Crippen molar-refractivity contribution in [1.29, 1.82) is 5.26 Å². The second-order valence-corrected chi connectivity index (χ2v) is 4.79. The Balaban J connectivity index is 3.04. The molecule has 0 heterocycles. The van der Waals surface area contributed by atoms with E-state index in [4.69, 9.17) is 0 Å². The van der Waals surface area contributed by atoms with Crippen LogP contribution in [0.4, 0.5) is 5.69 Å². The predicted octanol–water partition coefficient (Wildman–Crippen LogP) is 3.29. The molecular weight excluding hydrogens is 234 g/mol. The minimum absolute atomic E-state index is 0.455. The van der Waals surface area contributed by atoms with E-state index in [1.54, 1.807) is 0 Å². The van der Waals surface area contributed by atoms with Crippen LogP contribution in [0, 0.1) is 11.3 Å². The van der Waals surface area contributed by atoms with Crippen molar-refractivity contribution in [1.82, 2.24) is 5.32 Å². The summed E-state index contributed by atoms with van der Waals surface area (Å²) in [5.74, 6) is 0. The smallest absolute Gasteiger partial charge is 0.101 e. The van der Waals surface area contributed by atoms with E-state index >= 15 is 0 Å². The lowest BCUT2D eigenvalue weighted by atomic mass is 10.1. The Bertz CT molecular complexity index is 434. The zero-order chi connectivity index (χ0) is 14.3. The lowest BCUT2D eigenvalue weighted by molar-refractivity contribution is 0.629. The fraction of sp³-hybridized carbons (Fsp3) is 0.562. The molecule has 0 aromatic heterocycles. The molecule has 1 atom stereocenters. The third kappa shape index (κ3) is 3.97. The molecule has 0 bridgehead atoms. The molecule has 1 unspecified atom stereocenters. The van der Waals surface area contributed by atoms with Crippen LogP contribution in [0.3, 0.4) is 0 Å². The highest BCUT2D eigenvalue weighted by molar-refractivity contribution is 5.61. The standard InChI is InChI=1S/C16H25N3/c1-5-13(4)19(7-3)16-9-8-14(12-18-6-2)10-15(16)11-17/h8-10,13,18H,5-7,12H2,1-4H3. The molecule has 0 aliphatic carbocycles. The van der Waals surface area contributed by atoms with Crippen LogP contribution in [-0.2, 0) is 6.54 Å². The molecule has 19 heavy (non-hydrogen) atoms. The lowest BCUT2D eigenvalue weighted by Crippen LogP contribution is -2.32. The Morgan fingerprint density at radius 1 is 1.32 bits per heavy atom. The van der Waals surface area contributed by atoms with Crippen molar-refractivity contribution in [3.8, 4) is 6.07 Å². The highest BCUT2D eigenvalue weighted by Gasteiger charge is 2.15. The third-order valence-electron chi connectivity index (χ3n) is 3.53. The zero-order valence-corrected chi connectivity index (χ0v) is 12.5. The normalized spacial score (nSPS) is 11.9. The monoisotopic (exact) mass is 259 g/mol. The van der Waals surface area contributed by atoms with Crippen molar-refractivity contribution < 1.29 is 0 Å². The van der Waals surface area contributed by atoms with Crippen molar-refractivity contribution in [2.24, 2.45) is 0 Å². The summed E-state index contributed by atoms with van der Waals surface area (Å²) in [6.07, 6.45) is 1.08. The van der Waals surface area contributed by atoms with E-state index in [0.29, 0.717) is 6.04 Å². The molecule has 0 aliphatic heterocycles. The third-order valence-corrected chi connectivity index (χ3v) is 3.53. The predicted molar refractivity (Wildman–Crippen MR) is 81.3 cm³/mol. The zero-order valence-electron chi connectivity index (χ0n) is 12.5. The molecule has 3 heteroatoms. The summed E-state index contributed by atoms with van der Waals surface area (Å²) in [5.41, 5.74) is 3.00. The number of hydrogen-bond acceptors (Lipinski definition) is 3. The van der Waals surface area contributed by atoms with Gasteiger partial charge in [0, 0.05) is 19.1 Å². The van der Waals surface area contributed by atoms with Crippen molar-refractivity contribution in [3.63, 3.8) is 0 Å². The van der Waals surface area contributed by atoms with Crippen LogP contribution in [-0.4, -0.2) is 19.1 Å². The maximum absolute atomic E-state index is 9.37. The first-order chi connectivity index (χ1) is 9.17. The van der Waals surface area contributed by atoms with E-state index in [9.17, 15) is 5.26 Å². The van der Waals surface area contributed by atoms with Gasteiger partial charge in [0.05, 0.1) is 11.3 Å². The van der Waals surface area contributed by atoms with Gasteiger partial charge in [-0.1, -0.05) is 19.9 Å². The summed E-state index contributed by atoms with van der Waals surface area (Å²) in [6, 6.07) is 8.99. The van der Waals surface area contributed by atoms with E-state index in [1.807, 2.05) is 6.07 Å². The van der Waals surface area contributed by atoms with Crippen LogP contribution < -0.4 is 10.2 Å². The van der Waals surface area contributed by atoms with Crippen molar-refractivity contribution in [2.75, 3.05) is 18.0 Å². The summed E-state index contributed by atoms with van der Waals surface area (Å²) in [4.78, 5) is 2.30. The highest BCUT2D eigenvalue weighted by Crippen LogP contribution is 2.24. The van der Waals surface area contributed by atoms with Gasteiger partial charge in [0.1, 0.15) is 6.07 Å². The average molecular weight is 259 g/mol. The summed E-state index contributed by atoms with van der Waals surface area (Å²) in [6.45, 7) is 11.3. The largest absolute Gasteiger partial charge is 0.368 e. The van der Waals surface area contributed by atoms with Crippen LogP contribution in [0.1, 0.15) is 45.2 Å². The molecule has 0 saturated carbocycles. The first kappa shape index (κ1) is 15.5. The lowest BCUT2D eigenvalue weighted by Gasteiger charge is -2.30. The van der Waals surface area contributed by atoms with Gasteiger partial charge in [-0.15, -0.1) is 0 Å². The number of nitriles is 1. The Morgan fingerprint density at radius 3 is 2.58 bits per heavy atom. The van der Waals surface area contributed by atoms with E-state index in [-0.39, 0.29) is 0 Å². The number of nitrogens with one attached hydrogen (secondary N) is 1. The minimum atomic E-state index is 0.455. The van der Waals surface area contributed by atoms with E-state index < -0.39 is 0 Å². The van der Waals surface area contributed by atoms with Gasteiger partial charge < -0.3 is 10.2 Å². The molecule has 0 amide bonds. The maximum Gasteiger partial charge on any atom is 0.101 e. The molecular formula is C16H25N3. The molecule has 0 fully saturated rings. The summed E-state index contributed by atoms with van der Waals surface area (Å²) in [5, 5.41) is 12.7. The van der Waals surface area contributed by atoms with E-state index in [1.165, 1.54) is 5.56 Å². The number of benzene rings is 1. The fourth-order valence-corrected chi connectivity index (χ4v) is 2.24. The van der Waals surface area contributed by atoms with Gasteiger partial charge >= 0.3 is 0 Å². The Kier molecular flexibility index (Phi) is 6.38. The van der Waals surface area contributed by atoms with Crippen molar-refractivity contribution >= 4 is 5.69 Å². The van der Waals surface area contributed by atoms with Gasteiger partial charge in [0.25, 0.3) is 0 Å². The van der Waals surface area contributed by atoms with Gasteiger partial charge in [-0.05, 0) is 44.5 Å². The Hall–Kier alpha value is -1.53. The van der Waals surface area contributed by atoms with Crippen molar-refractivity contribution in [3.05, 3.63) is 29.3 Å². The topological polar surface area (TPSA) is 39.1 Å². The number of anilines is 1. The van der Waals surface area contributed by atoms with Crippen LogP contribution in [0.15, 0.2) is 18.2 Å². The molecule has 1 aromatic carbocycles. The minimum Gasteiger partial charge on any atom is -0.368 e. The van der Waals surface area contributed by atoms with Gasteiger partial charge in [0.15, 0.2) is 0 Å². The molecule has 0 aliphatic rings. The second kappa shape index (κ2) is 7.81. The Labute approximate surface area is 117 Å². The first-order valence-electron chi connectivity index (χ1n) is 7.18. The first-order valence-corrected chi connectivity index (χ1v) is 7.18. The average Bonchev–Trinajstić information content (AvgIpc) is 2.46. The summed E-state index contributed by atoms with van der Waals surface area (Å²) < 4.78 is 0. The highest BCUT2D eigenvalue weighted by atomic mass is 15.1. The SMILES string of the molecule is CCNCc1ccc(N(CC)C(C)CC)c(C#N)c1. The molecule has 3 nitrogen and oxygen atoms in total. The van der Waals surface area contributed by atoms with Crippen LogP contribution in [0.2, 0.25) is 0 Å². The van der Waals surface area contributed by atoms with Gasteiger partial charge in [-0.2, -0.15) is 5.26 Å².